The first kappa shape index (κ1) is 13.5. The van der Waals surface area contributed by atoms with Crippen molar-refractivity contribution >= 4 is 0 Å². The van der Waals surface area contributed by atoms with E-state index >= 15 is 0 Å². The van der Waals surface area contributed by atoms with E-state index in [2.05, 4.69) is 48.5 Å². The molecule has 0 saturated heterocycles. The molecular weight excluding hydrogens is 251 g/mol. The van der Waals surface area contributed by atoms with Gasteiger partial charge < -0.3 is 30.3 Å². The maximum atomic E-state index is 2.12. The van der Waals surface area contributed by atoms with Crippen molar-refractivity contribution in [3.05, 3.63) is 84.9 Å². The van der Waals surface area contributed by atoms with Crippen molar-refractivity contribution in [1.29, 1.82) is 0 Å². The Morgan fingerprint density at radius 1 is 0.647 bits per heavy atom. The third-order valence-electron chi connectivity index (χ3n) is 2.33. The van der Waals surface area contributed by atoms with Gasteiger partial charge >= 0.3 is 0 Å². The summed E-state index contributed by atoms with van der Waals surface area (Å²) in [6.45, 7) is 0. The van der Waals surface area contributed by atoms with Gasteiger partial charge in [0.05, 0.1) is 0 Å². The summed E-state index contributed by atoms with van der Waals surface area (Å²) in [6.07, 6.45) is 0. The Balaban J connectivity index is 0.000000205. The minimum Gasteiger partial charge on any atom is -0.748 e. The summed E-state index contributed by atoms with van der Waals surface area (Å²) < 4.78 is 0. The molecular formula is C16H14Ni-6. The first-order valence-electron chi connectivity index (χ1n) is 5.40. The van der Waals surface area contributed by atoms with E-state index in [0.717, 1.165) is 0 Å². The van der Waals surface area contributed by atoms with E-state index in [1.54, 1.807) is 0 Å². The Bertz CT molecular complexity index is 446. The molecule has 94 valence electrons. The van der Waals surface area contributed by atoms with E-state index in [4.69, 9.17) is 0 Å². The van der Waals surface area contributed by atoms with Gasteiger partial charge in [-0.05, 0) is 0 Å². The number of benzene rings is 1. The van der Waals surface area contributed by atoms with Crippen LogP contribution >= 0.6 is 0 Å². The van der Waals surface area contributed by atoms with Gasteiger partial charge in [-0.25, -0.2) is 0 Å². The Labute approximate surface area is 113 Å². The van der Waals surface area contributed by atoms with Crippen LogP contribution in [0.5, 0.6) is 0 Å². The first-order valence-corrected chi connectivity index (χ1v) is 5.40. The van der Waals surface area contributed by atoms with Crippen molar-refractivity contribution in [1.82, 2.24) is 0 Å². The zero-order valence-corrected chi connectivity index (χ0v) is 10.4. The van der Waals surface area contributed by atoms with E-state index in [9.17, 15) is 0 Å². The summed E-state index contributed by atoms with van der Waals surface area (Å²) in [7, 11) is 0. The number of hydrogen-bond donors (Lipinski definition) is 0. The molecule has 3 rings (SSSR count). The molecule has 0 aliphatic carbocycles. The second kappa shape index (κ2) is 7.65. The number of rotatable bonds is 1. The molecule has 0 saturated carbocycles. The summed E-state index contributed by atoms with van der Waals surface area (Å²) in [5.74, 6) is 0. The fraction of sp³-hybridized carbons (Fsp3) is 0. The van der Waals surface area contributed by atoms with E-state index in [-0.39, 0.29) is 16.5 Å². The molecule has 3 aromatic rings. The first-order chi connectivity index (χ1) is 7.97. The van der Waals surface area contributed by atoms with Gasteiger partial charge in [0.1, 0.15) is 0 Å². The monoisotopic (exact) mass is 264 g/mol. The van der Waals surface area contributed by atoms with Crippen molar-refractivity contribution in [2.45, 2.75) is 0 Å². The van der Waals surface area contributed by atoms with Crippen LogP contribution in [0.25, 0.3) is 11.1 Å². The summed E-state index contributed by atoms with van der Waals surface area (Å²) in [4.78, 5) is 0. The summed E-state index contributed by atoms with van der Waals surface area (Å²) >= 11 is 0. The van der Waals surface area contributed by atoms with Crippen LogP contribution in [0.15, 0.2) is 84.9 Å². The summed E-state index contributed by atoms with van der Waals surface area (Å²) in [5.41, 5.74) is 2.59. The van der Waals surface area contributed by atoms with Crippen molar-refractivity contribution < 1.29 is 16.5 Å². The van der Waals surface area contributed by atoms with Gasteiger partial charge in [0.2, 0.25) is 0 Å². The third kappa shape index (κ3) is 4.42. The van der Waals surface area contributed by atoms with Crippen LogP contribution in [-0.4, -0.2) is 0 Å². The van der Waals surface area contributed by atoms with Gasteiger partial charge in [-0.2, -0.15) is 12.1 Å². The van der Waals surface area contributed by atoms with E-state index in [0.29, 0.717) is 0 Å². The van der Waals surface area contributed by atoms with Crippen LogP contribution in [0.4, 0.5) is 0 Å². The van der Waals surface area contributed by atoms with Crippen LogP contribution in [0.3, 0.4) is 0 Å². The second-order valence-electron chi connectivity index (χ2n) is 3.50. The molecule has 0 aliphatic heterocycles. The molecule has 0 amide bonds. The predicted molar refractivity (Wildman–Crippen MR) is 69.5 cm³/mol. The molecule has 0 unspecified atom stereocenters. The smallest absolute Gasteiger partial charge is 0 e. The quantitative estimate of drug-likeness (QED) is 0.449. The maximum absolute atomic E-state index is 2.12. The van der Waals surface area contributed by atoms with Crippen molar-refractivity contribution in [3.63, 3.8) is 0 Å². The zero-order valence-electron chi connectivity index (χ0n) is 9.40. The second-order valence-corrected chi connectivity index (χ2v) is 3.50. The SMILES string of the molecule is [Ni].[cH-]1[cH-][cH-][cH-][cH-]1.c1ccc(-[c-]2cccc2)cc1. The molecule has 0 fully saturated rings. The fourth-order valence-corrected chi connectivity index (χ4v) is 1.52. The van der Waals surface area contributed by atoms with E-state index in [1.165, 1.54) is 11.1 Å². The number of hydrogen-bond acceptors (Lipinski definition) is 0. The van der Waals surface area contributed by atoms with E-state index < -0.39 is 0 Å². The zero-order chi connectivity index (χ0) is 11.1. The van der Waals surface area contributed by atoms with Crippen LogP contribution in [0.1, 0.15) is 0 Å². The summed E-state index contributed by atoms with van der Waals surface area (Å²) in [6, 6.07) is 28.7. The predicted octanol–water partition coefficient (Wildman–Crippen LogP) is 4.48. The van der Waals surface area contributed by atoms with Crippen molar-refractivity contribution in [3.8, 4) is 11.1 Å². The minimum absolute atomic E-state index is 0. The molecule has 0 aliphatic rings. The van der Waals surface area contributed by atoms with Crippen LogP contribution in [0, 0.1) is 0 Å². The van der Waals surface area contributed by atoms with Crippen molar-refractivity contribution in [2.75, 3.05) is 0 Å². The molecule has 1 heteroatoms. The molecule has 0 N–H and O–H groups in total. The molecule has 0 radical (unpaired) electrons. The fourth-order valence-electron chi connectivity index (χ4n) is 1.52. The van der Waals surface area contributed by atoms with Gasteiger partial charge in [0, 0.05) is 16.5 Å². The van der Waals surface area contributed by atoms with Gasteiger partial charge in [-0.3, -0.25) is 0 Å². The molecule has 0 bridgehead atoms. The van der Waals surface area contributed by atoms with Gasteiger partial charge in [0.15, 0.2) is 0 Å². The van der Waals surface area contributed by atoms with Gasteiger partial charge in [-0.1, -0.05) is 23.8 Å². The molecule has 0 aromatic heterocycles. The maximum Gasteiger partial charge on any atom is 0 e. The molecule has 0 atom stereocenters. The van der Waals surface area contributed by atoms with Crippen LogP contribution in [0.2, 0.25) is 0 Å². The van der Waals surface area contributed by atoms with Gasteiger partial charge in [-0.15, -0.1) is 29.8 Å². The standard InChI is InChI=1S/C11H9.C5H5.Ni/c1-2-6-10(7-3-1)11-8-4-5-9-11;1-2-4-5-3-1;/h1-9H;1-5H;/q-1;-5;. The molecule has 0 spiro atoms. The largest absolute Gasteiger partial charge is 0.748 e. The Morgan fingerprint density at radius 3 is 1.59 bits per heavy atom. The van der Waals surface area contributed by atoms with Crippen LogP contribution < -0.4 is 0 Å². The summed E-state index contributed by atoms with van der Waals surface area (Å²) in [5, 5.41) is 0. The topological polar surface area (TPSA) is 0 Å². The normalized spacial score (nSPS) is 8.71. The van der Waals surface area contributed by atoms with Gasteiger partial charge in [0.25, 0.3) is 0 Å². The molecule has 0 nitrogen and oxygen atoms in total. The minimum atomic E-state index is 0. The van der Waals surface area contributed by atoms with E-state index in [1.807, 2.05) is 36.4 Å². The molecule has 0 heterocycles. The molecule has 17 heavy (non-hydrogen) atoms. The Hall–Kier alpha value is -1.59. The third-order valence-corrected chi connectivity index (χ3v) is 2.33. The Kier molecular flexibility index (Phi) is 6.06. The average Bonchev–Trinajstić information content (AvgIpc) is 3.07. The molecule has 3 aromatic carbocycles. The van der Waals surface area contributed by atoms with Crippen molar-refractivity contribution in [2.24, 2.45) is 0 Å². The van der Waals surface area contributed by atoms with Crippen LogP contribution in [-0.2, 0) is 16.5 Å². The average molecular weight is 265 g/mol. The Morgan fingerprint density at radius 2 is 1.12 bits per heavy atom.